The number of benzene rings is 1. The Balaban J connectivity index is 2.65. The Labute approximate surface area is 141 Å². The highest BCUT2D eigenvalue weighted by Gasteiger charge is 2.35. The lowest BCUT2D eigenvalue weighted by atomic mass is 9.95. The van der Waals surface area contributed by atoms with Gasteiger partial charge in [0.25, 0.3) is 0 Å². The van der Waals surface area contributed by atoms with Crippen molar-refractivity contribution < 1.29 is 9.53 Å². The van der Waals surface area contributed by atoms with Crippen LogP contribution < -0.4 is 5.32 Å². The van der Waals surface area contributed by atoms with Crippen LogP contribution in [0.5, 0.6) is 0 Å². The zero-order valence-electron chi connectivity index (χ0n) is 14.0. The van der Waals surface area contributed by atoms with Crippen molar-refractivity contribution in [3.63, 3.8) is 0 Å². The van der Waals surface area contributed by atoms with Gasteiger partial charge >= 0.3 is 5.97 Å². The van der Waals surface area contributed by atoms with Crippen LogP contribution in [0.4, 0.5) is 5.69 Å². The number of para-hydroxylation sites is 1. The third-order valence-corrected chi connectivity index (χ3v) is 3.84. The van der Waals surface area contributed by atoms with Gasteiger partial charge < -0.3 is 15.0 Å². The fourth-order valence-corrected chi connectivity index (χ4v) is 2.90. The summed E-state index contributed by atoms with van der Waals surface area (Å²) >= 11 is 0. The third kappa shape index (κ3) is 3.18. The molecular weight excluding hydrogens is 304 g/mol. The second kappa shape index (κ2) is 7.52. The summed E-state index contributed by atoms with van der Waals surface area (Å²) in [7, 11) is 0. The van der Waals surface area contributed by atoms with E-state index in [2.05, 4.69) is 11.4 Å². The number of ether oxygens (including phenoxy) is 1. The summed E-state index contributed by atoms with van der Waals surface area (Å²) in [6.07, 6.45) is 0.252. The summed E-state index contributed by atoms with van der Waals surface area (Å²) in [5.74, 6) is -0.270. The van der Waals surface area contributed by atoms with E-state index < -0.39 is 5.97 Å². The Bertz CT molecular complexity index is 740. The highest BCUT2D eigenvalue weighted by atomic mass is 16.5. The second-order valence-corrected chi connectivity index (χ2v) is 5.65. The molecule has 124 valence electrons. The van der Waals surface area contributed by atoms with E-state index in [0.717, 1.165) is 11.3 Å². The Kier molecular flexibility index (Phi) is 5.44. The van der Waals surface area contributed by atoms with Gasteiger partial charge in [0, 0.05) is 11.7 Å². The number of carbonyl (C=O) groups excluding carboxylic acids is 1. The van der Waals surface area contributed by atoms with Crippen LogP contribution in [-0.4, -0.2) is 23.5 Å². The predicted molar refractivity (Wildman–Crippen MR) is 89.3 cm³/mol. The lowest BCUT2D eigenvalue weighted by Gasteiger charge is -2.43. The molecule has 2 rings (SSSR count). The minimum atomic E-state index is -0.664. The molecule has 1 aromatic rings. The molecule has 1 unspecified atom stereocenters. The van der Waals surface area contributed by atoms with E-state index in [0.29, 0.717) is 5.82 Å². The molecular formula is C18H20N4O2. The monoisotopic (exact) mass is 324 g/mol. The molecule has 1 aliphatic rings. The molecule has 0 radical (unpaired) electrons. The standard InChI is InChI=1S/C18H20N4O2/c1-4-24-18(23)14(11-20)17-21-15-8-6-5-7-13(15)16(9-10-19)22(17)12(2)3/h5-8,12,16,21H,4,9H2,1-3H3/b17-14+. The van der Waals surface area contributed by atoms with E-state index in [1.165, 1.54) is 0 Å². The average Bonchev–Trinajstić information content (AvgIpc) is 2.55. The number of esters is 1. The van der Waals surface area contributed by atoms with Crippen LogP contribution in [-0.2, 0) is 9.53 Å². The number of carbonyl (C=O) groups is 1. The van der Waals surface area contributed by atoms with E-state index in [9.17, 15) is 15.3 Å². The SMILES string of the molecule is CCOC(=O)/C(C#N)=C1\Nc2ccccc2C(CC#N)N1C(C)C. The van der Waals surface area contributed by atoms with Gasteiger partial charge in [0.15, 0.2) is 5.57 Å². The van der Waals surface area contributed by atoms with Crippen molar-refractivity contribution >= 4 is 11.7 Å². The van der Waals surface area contributed by atoms with E-state index >= 15 is 0 Å². The van der Waals surface area contributed by atoms with Crippen molar-refractivity contribution in [3.05, 3.63) is 41.2 Å². The number of nitriles is 2. The maximum absolute atomic E-state index is 12.2. The first-order valence-corrected chi connectivity index (χ1v) is 7.87. The molecule has 0 saturated heterocycles. The van der Waals surface area contributed by atoms with Crippen LogP contribution in [0.1, 0.15) is 38.8 Å². The van der Waals surface area contributed by atoms with Crippen LogP contribution in [0.15, 0.2) is 35.7 Å². The predicted octanol–water partition coefficient (Wildman–Crippen LogP) is 3.08. The molecule has 0 aliphatic carbocycles. The smallest absolute Gasteiger partial charge is 0.352 e. The number of fused-ring (bicyclic) bond motifs is 1. The number of hydrogen-bond acceptors (Lipinski definition) is 6. The topological polar surface area (TPSA) is 89.1 Å². The second-order valence-electron chi connectivity index (χ2n) is 5.65. The van der Waals surface area contributed by atoms with Gasteiger partial charge in [-0.3, -0.25) is 0 Å². The maximum Gasteiger partial charge on any atom is 0.352 e. The van der Waals surface area contributed by atoms with Gasteiger partial charge in [0.05, 0.1) is 25.1 Å². The quantitative estimate of drug-likeness (QED) is 0.520. The minimum Gasteiger partial charge on any atom is -0.462 e. The maximum atomic E-state index is 12.2. The Hall–Kier alpha value is -2.99. The normalized spacial score (nSPS) is 18.1. The fraction of sp³-hybridized carbons (Fsp3) is 0.389. The zero-order chi connectivity index (χ0) is 17.7. The molecule has 24 heavy (non-hydrogen) atoms. The highest BCUT2D eigenvalue weighted by Crippen LogP contribution is 2.40. The Morgan fingerprint density at radius 3 is 2.67 bits per heavy atom. The van der Waals surface area contributed by atoms with Crippen molar-refractivity contribution in [2.75, 3.05) is 11.9 Å². The molecule has 1 aromatic carbocycles. The molecule has 6 heteroatoms. The zero-order valence-corrected chi connectivity index (χ0v) is 14.0. The highest BCUT2D eigenvalue weighted by molar-refractivity contribution is 5.94. The van der Waals surface area contributed by atoms with Gasteiger partial charge in [-0.05, 0) is 32.4 Å². The van der Waals surface area contributed by atoms with Gasteiger partial charge in [0.2, 0.25) is 0 Å². The van der Waals surface area contributed by atoms with E-state index in [-0.39, 0.29) is 30.7 Å². The minimum absolute atomic E-state index is 0.0167. The van der Waals surface area contributed by atoms with Gasteiger partial charge in [-0.2, -0.15) is 10.5 Å². The first kappa shape index (κ1) is 17.4. The summed E-state index contributed by atoms with van der Waals surface area (Å²) in [6.45, 7) is 5.80. The molecule has 6 nitrogen and oxygen atoms in total. The van der Waals surface area contributed by atoms with Crippen LogP contribution in [0.2, 0.25) is 0 Å². The first-order valence-electron chi connectivity index (χ1n) is 7.87. The summed E-state index contributed by atoms with van der Waals surface area (Å²) in [4.78, 5) is 14.1. The van der Waals surface area contributed by atoms with Crippen molar-refractivity contribution in [3.8, 4) is 12.1 Å². The Morgan fingerprint density at radius 1 is 1.38 bits per heavy atom. The molecule has 0 bridgehead atoms. The molecule has 0 fully saturated rings. The summed E-state index contributed by atoms with van der Waals surface area (Å²) < 4.78 is 5.01. The number of hydrogen-bond donors (Lipinski definition) is 1. The summed E-state index contributed by atoms with van der Waals surface area (Å²) in [5, 5.41) is 21.9. The van der Waals surface area contributed by atoms with Crippen LogP contribution in [0.25, 0.3) is 0 Å². The van der Waals surface area contributed by atoms with Crippen molar-refractivity contribution in [2.24, 2.45) is 0 Å². The first-order chi connectivity index (χ1) is 11.5. The van der Waals surface area contributed by atoms with Crippen LogP contribution in [0, 0.1) is 22.7 Å². The van der Waals surface area contributed by atoms with Crippen molar-refractivity contribution in [1.29, 1.82) is 10.5 Å². The van der Waals surface area contributed by atoms with E-state index in [1.807, 2.05) is 49.1 Å². The van der Waals surface area contributed by atoms with Gasteiger partial charge in [-0.25, -0.2) is 4.79 Å². The van der Waals surface area contributed by atoms with E-state index in [4.69, 9.17) is 4.74 Å². The van der Waals surface area contributed by atoms with E-state index in [1.54, 1.807) is 6.92 Å². The largest absolute Gasteiger partial charge is 0.462 e. The van der Waals surface area contributed by atoms with Crippen molar-refractivity contribution in [1.82, 2.24) is 4.90 Å². The lowest BCUT2D eigenvalue weighted by Crippen LogP contribution is -2.42. The average molecular weight is 324 g/mol. The molecule has 1 heterocycles. The van der Waals surface area contributed by atoms with Gasteiger partial charge in [-0.15, -0.1) is 0 Å². The molecule has 0 saturated carbocycles. The molecule has 1 aliphatic heterocycles. The third-order valence-electron chi connectivity index (χ3n) is 3.84. The van der Waals surface area contributed by atoms with Gasteiger partial charge in [-0.1, -0.05) is 18.2 Å². The Morgan fingerprint density at radius 2 is 2.08 bits per heavy atom. The van der Waals surface area contributed by atoms with Crippen LogP contribution >= 0.6 is 0 Å². The number of rotatable bonds is 4. The summed E-state index contributed by atoms with van der Waals surface area (Å²) in [5.41, 5.74) is 1.68. The molecule has 0 amide bonds. The fourth-order valence-electron chi connectivity index (χ4n) is 2.90. The van der Waals surface area contributed by atoms with Gasteiger partial charge in [0.1, 0.15) is 11.9 Å². The molecule has 1 atom stereocenters. The van der Waals surface area contributed by atoms with Crippen LogP contribution in [0.3, 0.4) is 0 Å². The molecule has 0 spiro atoms. The number of nitrogens with zero attached hydrogens (tertiary/aromatic N) is 3. The molecule has 0 aromatic heterocycles. The molecule has 1 N–H and O–H groups in total. The number of nitrogens with one attached hydrogen (secondary N) is 1. The number of anilines is 1. The lowest BCUT2D eigenvalue weighted by molar-refractivity contribution is -0.138. The summed E-state index contributed by atoms with van der Waals surface area (Å²) in [6, 6.07) is 11.5. The van der Waals surface area contributed by atoms with Crippen molar-refractivity contribution in [2.45, 2.75) is 39.3 Å².